The Balaban J connectivity index is 2.50. The van der Waals surface area contributed by atoms with Crippen molar-refractivity contribution in [1.29, 1.82) is 0 Å². The third-order valence-corrected chi connectivity index (χ3v) is 2.62. The van der Waals surface area contributed by atoms with Crippen molar-refractivity contribution in [2.45, 2.75) is 32.3 Å². The van der Waals surface area contributed by atoms with Crippen LogP contribution in [0.15, 0.2) is 12.7 Å². The van der Waals surface area contributed by atoms with Crippen LogP contribution in [0.2, 0.25) is 0 Å². The van der Waals surface area contributed by atoms with Gasteiger partial charge in [-0.15, -0.1) is 6.58 Å². The zero-order valence-corrected chi connectivity index (χ0v) is 6.59. The van der Waals surface area contributed by atoms with Crippen LogP contribution in [0.5, 0.6) is 0 Å². The Morgan fingerprint density at radius 1 is 1.50 bits per heavy atom. The fraction of sp³-hybridized carbons (Fsp3) is 0.778. The molecule has 1 saturated carbocycles. The molecule has 0 heterocycles. The first-order valence-electron chi connectivity index (χ1n) is 4.06. The SMILES string of the molecule is C=C[C@@H]1CCC[C@@H](O)[C@H]1C. The Morgan fingerprint density at radius 3 is 2.70 bits per heavy atom. The molecule has 1 N–H and O–H groups in total. The summed E-state index contributed by atoms with van der Waals surface area (Å²) in [7, 11) is 0. The van der Waals surface area contributed by atoms with Gasteiger partial charge < -0.3 is 5.11 Å². The molecule has 0 aromatic heterocycles. The zero-order chi connectivity index (χ0) is 7.56. The highest BCUT2D eigenvalue weighted by Crippen LogP contribution is 2.30. The van der Waals surface area contributed by atoms with Crippen molar-refractivity contribution >= 4 is 0 Å². The first-order valence-corrected chi connectivity index (χ1v) is 4.06. The molecule has 10 heavy (non-hydrogen) atoms. The minimum atomic E-state index is -0.0863. The fourth-order valence-electron chi connectivity index (χ4n) is 1.71. The molecule has 0 aliphatic heterocycles. The Hall–Kier alpha value is -0.300. The summed E-state index contributed by atoms with van der Waals surface area (Å²) in [6, 6.07) is 0. The summed E-state index contributed by atoms with van der Waals surface area (Å²) < 4.78 is 0. The third-order valence-electron chi connectivity index (χ3n) is 2.62. The molecule has 1 nitrogen and oxygen atoms in total. The largest absolute Gasteiger partial charge is 0.393 e. The first kappa shape index (κ1) is 7.80. The van der Waals surface area contributed by atoms with Crippen LogP contribution < -0.4 is 0 Å². The van der Waals surface area contributed by atoms with Crippen LogP contribution in [0.1, 0.15) is 26.2 Å². The van der Waals surface area contributed by atoms with E-state index >= 15 is 0 Å². The standard InChI is InChI=1S/C9H16O/c1-3-8-5-4-6-9(10)7(8)2/h3,7-10H,1,4-6H2,2H3/t7-,8+,9+/m0/s1. The van der Waals surface area contributed by atoms with Gasteiger partial charge in [0.2, 0.25) is 0 Å². The van der Waals surface area contributed by atoms with Crippen molar-refractivity contribution in [3.8, 4) is 0 Å². The minimum absolute atomic E-state index is 0.0863. The summed E-state index contributed by atoms with van der Waals surface area (Å²) in [4.78, 5) is 0. The molecule has 1 rings (SSSR count). The second-order valence-corrected chi connectivity index (χ2v) is 3.26. The molecule has 3 atom stereocenters. The van der Waals surface area contributed by atoms with Gasteiger partial charge in [0.1, 0.15) is 0 Å². The monoisotopic (exact) mass is 140 g/mol. The molecule has 1 aliphatic carbocycles. The van der Waals surface area contributed by atoms with E-state index in [1.54, 1.807) is 0 Å². The van der Waals surface area contributed by atoms with Gasteiger partial charge in [-0.1, -0.05) is 19.4 Å². The van der Waals surface area contributed by atoms with E-state index in [0.717, 1.165) is 12.8 Å². The smallest absolute Gasteiger partial charge is 0.0571 e. The second kappa shape index (κ2) is 3.20. The van der Waals surface area contributed by atoms with Crippen LogP contribution in [0, 0.1) is 11.8 Å². The molecule has 0 saturated heterocycles. The summed E-state index contributed by atoms with van der Waals surface area (Å²) in [6.45, 7) is 5.87. The van der Waals surface area contributed by atoms with Crippen molar-refractivity contribution < 1.29 is 5.11 Å². The van der Waals surface area contributed by atoms with E-state index in [1.165, 1.54) is 6.42 Å². The van der Waals surface area contributed by atoms with Gasteiger partial charge in [-0.05, 0) is 24.7 Å². The highest BCUT2D eigenvalue weighted by molar-refractivity contribution is 4.89. The van der Waals surface area contributed by atoms with Crippen molar-refractivity contribution in [3.05, 3.63) is 12.7 Å². The highest BCUT2D eigenvalue weighted by Gasteiger charge is 2.25. The van der Waals surface area contributed by atoms with Crippen LogP contribution in [-0.4, -0.2) is 11.2 Å². The maximum absolute atomic E-state index is 9.43. The van der Waals surface area contributed by atoms with E-state index in [0.29, 0.717) is 11.8 Å². The highest BCUT2D eigenvalue weighted by atomic mass is 16.3. The molecule has 1 fully saturated rings. The molecule has 0 aromatic rings. The van der Waals surface area contributed by atoms with E-state index in [4.69, 9.17) is 0 Å². The number of aliphatic hydroxyl groups is 1. The molecular formula is C9H16O. The lowest BCUT2D eigenvalue weighted by Crippen LogP contribution is -2.28. The molecule has 0 bridgehead atoms. The van der Waals surface area contributed by atoms with Crippen molar-refractivity contribution in [2.24, 2.45) is 11.8 Å². The molecule has 58 valence electrons. The van der Waals surface area contributed by atoms with Crippen molar-refractivity contribution in [3.63, 3.8) is 0 Å². The van der Waals surface area contributed by atoms with Gasteiger partial charge in [0.05, 0.1) is 6.10 Å². The molecule has 0 amide bonds. The molecule has 0 spiro atoms. The predicted octanol–water partition coefficient (Wildman–Crippen LogP) is 1.97. The number of hydrogen-bond acceptors (Lipinski definition) is 1. The quantitative estimate of drug-likeness (QED) is 0.552. The lowest BCUT2D eigenvalue weighted by atomic mass is 9.79. The van der Waals surface area contributed by atoms with Crippen LogP contribution in [-0.2, 0) is 0 Å². The Kier molecular flexibility index (Phi) is 2.50. The molecular weight excluding hydrogens is 124 g/mol. The normalized spacial score (nSPS) is 41.2. The summed E-state index contributed by atoms with van der Waals surface area (Å²) in [6.07, 6.45) is 5.24. The summed E-state index contributed by atoms with van der Waals surface area (Å²) in [5.41, 5.74) is 0. The van der Waals surface area contributed by atoms with Gasteiger partial charge in [0.15, 0.2) is 0 Å². The molecule has 1 heteroatoms. The Bertz CT molecular complexity index is 120. The zero-order valence-electron chi connectivity index (χ0n) is 6.59. The molecule has 1 aliphatic rings. The van der Waals surface area contributed by atoms with Gasteiger partial charge in [-0.3, -0.25) is 0 Å². The van der Waals surface area contributed by atoms with Crippen LogP contribution in [0.4, 0.5) is 0 Å². The van der Waals surface area contributed by atoms with Crippen LogP contribution in [0.3, 0.4) is 0 Å². The van der Waals surface area contributed by atoms with E-state index in [9.17, 15) is 5.11 Å². The van der Waals surface area contributed by atoms with Crippen molar-refractivity contribution in [2.75, 3.05) is 0 Å². The minimum Gasteiger partial charge on any atom is -0.393 e. The van der Waals surface area contributed by atoms with Crippen LogP contribution in [0.25, 0.3) is 0 Å². The van der Waals surface area contributed by atoms with E-state index in [2.05, 4.69) is 13.5 Å². The fourth-order valence-corrected chi connectivity index (χ4v) is 1.71. The molecule has 0 aromatic carbocycles. The number of aliphatic hydroxyl groups excluding tert-OH is 1. The summed E-state index contributed by atoms with van der Waals surface area (Å²) in [5.74, 6) is 0.968. The molecule has 0 unspecified atom stereocenters. The van der Waals surface area contributed by atoms with Gasteiger partial charge in [0.25, 0.3) is 0 Å². The lowest BCUT2D eigenvalue weighted by Gasteiger charge is -2.30. The van der Waals surface area contributed by atoms with Gasteiger partial charge in [0, 0.05) is 0 Å². The average Bonchev–Trinajstić information content (AvgIpc) is 1.95. The predicted molar refractivity (Wildman–Crippen MR) is 42.7 cm³/mol. The second-order valence-electron chi connectivity index (χ2n) is 3.26. The Labute approximate surface area is 62.8 Å². The maximum atomic E-state index is 9.43. The molecule has 0 radical (unpaired) electrons. The van der Waals surface area contributed by atoms with Crippen molar-refractivity contribution in [1.82, 2.24) is 0 Å². The summed E-state index contributed by atoms with van der Waals surface area (Å²) in [5, 5.41) is 9.43. The van der Waals surface area contributed by atoms with E-state index < -0.39 is 0 Å². The van der Waals surface area contributed by atoms with E-state index in [-0.39, 0.29) is 6.10 Å². The third kappa shape index (κ3) is 1.40. The number of rotatable bonds is 1. The average molecular weight is 140 g/mol. The van der Waals surface area contributed by atoms with Gasteiger partial charge >= 0.3 is 0 Å². The number of hydrogen-bond donors (Lipinski definition) is 1. The van der Waals surface area contributed by atoms with Gasteiger partial charge in [-0.2, -0.15) is 0 Å². The Morgan fingerprint density at radius 2 is 2.20 bits per heavy atom. The lowest BCUT2D eigenvalue weighted by molar-refractivity contribution is 0.0571. The first-order chi connectivity index (χ1) is 4.75. The summed E-state index contributed by atoms with van der Waals surface area (Å²) >= 11 is 0. The van der Waals surface area contributed by atoms with Gasteiger partial charge in [-0.25, -0.2) is 0 Å². The topological polar surface area (TPSA) is 20.2 Å². The number of allylic oxidation sites excluding steroid dienone is 1. The van der Waals surface area contributed by atoms with E-state index in [1.807, 2.05) is 6.08 Å². The maximum Gasteiger partial charge on any atom is 0.0571 e. The van der Waals surface area contributed by atoms with Crippen LogP contribution >= 0.6 is 0 Å².